The summed E-state index contributed by atoms with van der Waals surface area (Å²) in [6.45, 7) is 7.58. The molecule has 0 aromatic carbocycles. The fraction of sp³-hybridized carbons (Fsp3) is 0.786. The van der Waals surface area contributed by atoms with E-state index in [1.807, 2.05) is 11.7 Å². The monoisotopic (exact) mass is 237 g/mol. The molecular weight excluding hydrogens is 210 g/mol. The predicted molar refractivity (Wildman–Crippen MR) is 73.3 cm³/mol. The van der Waals surface area contributed by atoms with Gasteiger partial charge in [-0.1, -0.05) is 20.3 Å². The summed E-state index contributed by atoms with van der Waals surface area (Å²) in [5.74, 6) is 0. The average Bonchev–Trinajstić information content (AvgIpc) is 2.58. The van der Waals surface area contributed by atoms with Crippen molar-refractivity contribution in [2.24, 2.45) is 7.05 Å². The fourth-order valence-corrected chi connectivity index (χ4v) is 2.41. The second-order valence-corrected chi connectivity index (χ2v) is 4.84. The van der Waals surface area contributed by atoms with Crippen molar-refractivity contribution in [3.63, 3.8) is 0 Å². The van der Waals surface area contributed by atoms with Gasteiger partial charge in [0.1, 0.15) is 0 Å². The molecule has 1 rings (SSSR count). The maximum absolute atomic E-state index is 4.38. The largest absolute Gasteiger partial charge is 0.314 e. The van der Waals surface area contributed by atoms with Crippen LogP contribution in [0.15, 0.2) is 6.07 Å². The average molecular weight is 237 g/mol. The minimum absolute atomic E-state index is 0.694. The minimum Gasteiger partial charge on any atom is -0.314 e. The first-order chi connectivity index (χ1) is 8.17. The highest BCUT2D eigenvalue weighted by Crippen LogP contribution is 2.10. The molecule has 0 amide bonds. The highest BCUT2D eigenvalue weighted by molar-refractivity contribution is 5.08. The van der Waals surface area contributed by atoms with Gasteiger partial charge in [-0.25, -0.2) is 0 Å². The zero-order valence-electron chi connectivity index (χ0n) is 11.8. The lowest BCUT2D eigenvalue weighted by molar-refractivity contribution is 0.445. The molecule has 98 valence electrons. The van der Waals surface area contributed by atoms with Gasteiger partial charge in [0.15, 0.2) is 0 Å². The molecule has 0 aliphatic heterocycles. The van der Waals surface area contributed by atoms with Gasteiger partial charge in [-0.3, -0.25) is 4.68 Å². The molecule has 0 saturated heterocycles. The predicted octanol–water partition coefficient (Wildman–Crippen LogP) is 2.83. The van der Waals surface area contributed by atoms with E-state index in [9.17, 15) is 0 Å². The molecule has 0 saturated carbocycles. The number of nitrogens with zero attached hydrogens (tertiary/aromatic N) is 2. The van der Waals surface area contributed by atoms with Crippen LogP contribution in [0.3, 0.4) is 0 Å². The third-order valence-corrected chi connectivity index (χ3v) is 3.21. The van der Waals surface area contributed by atoms with Gasteiger partial charge < -0.3 is 5.32 Å². The van der Waals surface area contributed by atoms with Crippen LogP contribution in [-0.4, -0.2) is 22.4 Å². The standard InChI is InChI=1S/C14H27N3/c1-5-8-13(15-6-2)9-7-10-14-11-12(3)16-17(14)4/h11,13,15H,5-10H2,1-4H3. The van der Waals surface area contributed by atoms with Crippen LogP contribution in [-0.2, 0) is 13.5 Å². The Morgan fingerprint density at radius 1 is 1.35 bits per heavy atom. The molecule has 1 aromatic heterocycles. The topological polar surface area (TPSA) is 29.9 Å². The van der Waals surface area contributed by atoms with Gasteiger partial charge >= 0.3 is 0 Å². The Morgan fingerprint density at radius 2 is 2.12 bits per heavy atom. The molecule has 0 aliphatic rings. The molecule has 1 aromatic rings. The van der Waals surface area contributed by atoms with Crippen molar-refractivity contribution in [2.45, 2.75) is 58.9 Å². The van der Waals surface area contributed by atoms with E-state index in [0.29, 0.717) is 6.04 Å². The van der Waals surface area contributed by atoms with Gasteiger partial charge in [0.2, 0.25) is 0 Å². The normalized spacial score (nSPS) is 12.9. The summed E-state index contributed by atoms with van der Waals surface area (Å²) in [5, 5.41) is 7.95. The zero-order valence-corrected chi connectivity index (χ0v) is 11.8. The molecule has 1 N–H and O–H groups in total. The van der Waals surface area contributed by atoms with Crippen molar-refractivity contribution < 1.29 is 0 Å². The van der Waals surface area contributed by atoms with Crippen LogP contribution in [0.25, 0.3) is 0 Å². The number of hydrogen-bond donors (Lipinski definition) is 1. The molecular formula is C14H27N3. The van der Waals surface area contributed by atoms with Crippen molar-refractivity contribution in [3.8, 4) is 0 Å². The fourth-order valence-electron chi connectivity index (χ4n) is 2.41. The first-order valence-electron chi connectivity index (χ1n) is 6.90. The van der Waals surface area contributed by atoms with Crippen LogP contribution in [0, 0.1) is 6.92 Å². The Balaban J connectivity index is 2.32. The Morgan fingerprint density at radius 3 is 2.65 bits per heavy atom. The third-order valence-electron chi connectivity index (χ3n) is 3.21. The summed E-state index contributed by atoms with van der Waals surface area (Å²) in [4.78, 5) is 0. The summed E-state index contributed by atoms with van der Waals surface area (Å²) < 4.78 is 2.01. The van der Waals surface area contributed by atoms with Crippen molar-refractivity contribution in [2.75, 3.05) is 6.54 Å². The Kier molecular flexibility index (Phi) is 6.27. The van der Waals surface area contributed by atoms with Crippen LogP contribution in [0.1, 0.15) is 50.9 Å². The third kappa shape index (κ3) is 4.90. The highest BCUT2D eigenvalue weighted by Gasteiger charge is 2.07. The zero-order chi connectivity index (χ0) is 12.7. The van der Waals surface area contributed by atoms with E-state index < -0.39 is 0 Å². The molecule has 1 heterocycles. The first-order valence-corrected chi connectivity index (χ1v) is 6.90. The van der Waals surface area contributed by atoms with Crippen molar-refractivity contribution in [3.05, 3.63) is 17.5 Å². The smallest absolute Gasteiger partial charge is 0.0596 e. The summed E-state index contributed by atoms with van der Waals surface area (Å²) in [6.07, 6.45) is 6.21. The summed E-state index contributed by atoms with van der Waals surface area (Å²) in [5.41, 5.74) is 2.48. The lowest BCUT2D eigenvalue weighted by atomic mass is 10.0. The van der Waals surface area contributed by atoms with E-state index in [1.165, 1.54) is 31.4 Å². The molecule has 0 fully saturated rings. The lowest BCUT2D eigenvalue weighted by Crippen LogP contribution is -2.28. The SMILES string of the molecule is CCCC(CCCc1cc(C)nn1C)NCC. The summed E-state index contributed by atoms with van der Waals surface area (Å²) >= 11 is 0. The number of hydrogen-bond acceptors (Lipinski definition) is 2. The molecule has 0 bridgehead atoms. The van der Waals surface area contributed by atoms with E-state index >= 15 is 0 Å². The van der Waals surface area contributed by atoms with Gasteiger partial charge in [-0.15, -0.1) is 0 Å². The number of aryl methyl sites for hydroxylation is 3. The Hall–Kier alpha value is -0.830. The molecule has 0 aliphatic carbocycles. The molecule has 3 heteroatoms. The first kappa shape index (κ1) is 14.2. The highest BCUT2D eigenvalue weighted by atomic mass is 15.3. The van der Waals surface area contributed by atoms with E-state index in [0.717, 1.165) is 18.7 Å². The molecule has 0 spiro atoms. The number of aromatic nitrogens is 2. The second-order valence-electron chi connectivity index (χ2n) is 4.84. The van der Waals surface area contributed by atoms with Crippen LogP contribution < -0.4 is 5.32 Å². The van der Waals surface area contributed by atoms with Crippen molar-refractivity contribution in [1.29, 1.82) is 0 Å². The molecule has 3 nitrogen and oxygen atoms in total. The van der Waals surface area contributed by atoms with E-state index in [1.54, 1.807) is 0 Å². The second kappa shape index (κ2) is 7.49. The maximum atomic E-state index is 4.38. The van der Waals surface area contributed by atoms with Crippen molar-refractivity contribution in [1.82, 2.24) is 15.1 Å². The summed E-state index contributed by atoms with van der Waals surface area (Å²) in [7, 11) is 2.04. The lowest BCUT2D eigenvalue weighted by Gasteiger charge is -2.16. The Labute approximate surface area is 106 Å². The van der Waals surface area contributed by atoms with Gasteiger partial charge in [0, 0.05) is 18.8 Å². The number of rotatable bonds is 8. The van der Waals surface area contributed by atoms with Crippen LogP contribution in [0.2, 0.25) is 0 Å². The number of nitrogens with one attached hydrogen (secondary N) is 1. The molecule has 1 unspecified atom stereocenters. The van der Waals surface area contributed by atoms with Crippen LogP contribution >= 0.6 is 0 Å². The molecule has 0 radical (unpaired) electrons. The summed E-state index contributed by atoms with van der Waals surface area (Å²) in [6, 6.07) is 2.89. The minimum atomic E-state index is 0.694. The van der Waals surface area contributed by atoms with E-state index in [-0.39, 0.29) is 0 Å². The van der Waals surface area contributed by atoms with E-state index in [4.69, 9.17) is 0 Å². The quantitative estimate of drug-likeness (QED) is 0.753. The van der Waals surface area contributed by atoms with Gasteiger partial charge in [-0.2, -0.15) is 5.10 Å². The van der Waals surface area contributed by atoms with Crippen LogP contribution in [0.4, 0.5) is 0 Å². The van der Waals surface area contributed by atoms with Crippen molar-refractivity contribution >= 4 is 0 Å². The van der Waals surface area contributed by atoms with Gasteiger partial charge in [0.05, 0.1) is 5.69 Å². The molecule has 1 atom stereocenters. The van der Waals surface area contributed by atoms with Crippen LogP contribution in [0.5, 0.6) is 0 Å². The Bertz CT molecular complexity index is 311. The van der Waals surface area contributed by atoms with Gasteiger partial charge in [0.25, 0.3) is 0 Å². The van der Waals surface area contributed by atoms with E-state index in [2.05, 4.69) is 37.3 Å². The molecule has 17 heavy (non-hydrogen) atoms. The van der Waals surface area contributed by atoms with Gasteiger partial charge in [-0.05, 0) is 45.2 Å². The maximum Gasteiger partial charge on any atom is 0.0596 e.